The predicted molar refractivity (Wildman–Crippen MR) is 84.2 cm³/mol. The van der Waals surface area contributed by atoms with Crippen molar-refractivity contribution in [2.45, 2.75) is 6.54 Å². The molecule has 3 aromatic heterocycles. The molecule has 0 unspecified atom stereocenters. The Morgan fingerprint density at radius 3 is 2.77 bits per heavy atom. The van der Waals surface area contributed by atoms with Crippen LogP contribution in [-0.4, -0.2) is 27.2 Å². The van der Waals surface area contributed by atoms with Gasteiger partial charge in [0.05, 0.1) is 12.2 Å². The van der Waals surface area contributed by atoms with Crippen molar-refractivity contribution in [2.75, 3.05) is 6.54 Å². The molecule has 22 heavy (non-hydrogen) atoms. The monoisotopic (exact) mass is 360 g/mol. The smallest absolute Gasteiger partial charge is 0.287 e. The fourth-order valence-corrected chi connectivity index (χ4v) is 2.28. The zero-order chi connectivity index (χ0) is 15.4. The van der Waals surface area contributed by atoms with Crippen molar-refractivity contribution < 1.29 is 9.21 Å². The highest BCUT2D eigenvalue weighted by molar-refractivity contribution is 9.10. The molecule has 1 amide bonds. The van der Waals surface area contributed by atoms with Crippen LogP contribution >= 0.6 is 15.9 Å². The lowest BCUT2D eigenvalue weighted by molar-refractivity contribution is 0.0923. The molecular formula is C15H13BrN4O2. The molecule has 0 aliphatic rings. The van der Waals surface area contributed by atoms with Gasteiger partial charge >= 0.3 is 0 Å². The zero-order valence-electron chi connectivity index (χ0n) is 11.6. The predicted octanol–water partition coefficient (Wildman–Crippen LogP) is 2.73. The Kier molecular flexibility index (Phi) is 4.34. The molecule has 3 aromatic rings. The van der Waals surface area contributed by atoms with Crippen LogP contribution in [0.1, 0.15) is 10.6 Å². The third-order valence-corrected chi connectivity index (χ3v) is 3.47. The Morgan fingerprint density at radius 2 is 2.05 bits per heavy atom. The summed E-state index contributed by atoms with van der Waals surface area (Å²) >= 11 is 3.17. The molecule has 0 radical (unpaired) electrons. The number of rotatable bonds is 5. The summed E-state index contributed by atoms with van der Waals surface area (Å²) in [6, 6.07) is 9.05. The van der Waals surface area contributed by atoms with Crippen molar-refractivity contribution in [3.8, 4) is 11.3 Å². The highest BCUT2D eigenvalue weighted by Gasteiger charge is 2.09. The number of halogens is 1. The largest absolute Gasteiger partial charge is 0.444 e. The fourth-order valence-electron chi connectivity index (χ4n) is 1.97. The Morgan fingerprint density at radius 1 is 1.23 bits per heavy atom. The van der Waals surface area contributed by atoms with Crippen LogP contribution in [-0.2, 0) is 6.54 Å². The van der Waals surface area contributed by atoms with Gasteiger partial charge in [0.25, 0.3) is 5.91 Å². The van der Waals surface area contributed by atoms with E-state index in [1.54, 1.807) is 29.2 Å². The summed E-state index contributed by atoms with van der Waals surface area (Å²) in [5.74, 6) is 0.0389. The van der Waals surface area contributed by atoms with Gasteiger partial charge in [0.1, 0.15) is 0 Å². The SMILES string of the molecule is O=C(NCCn1ccc(-c2ccncc2)n1)c1ccc(Br)o1. The standard InChI is InChI=1S/C15H13BrN4O2/c16-14-2-1-13(22-14)15(21)18-8-10-20-9-5-12(19-20)11-3-6-17-7-4-11/h1-7,9H,8,10H2,(H,18,21). The van der Waals surface area contributed by atoms with Gasteiger partial charge in [-0.2, -0.15) is 5.10 Å². The molecule has 0 aliphatic heterocycles. The average molecular weight is 361 g/mol. The first-order valence-corrected chi connectivity index (χ1v) is 7.49. The number of hydrogen-bond donors (Lipinski definition) is 1. The van der Waals surface area contributed by atoms with E-state index < -0.39 is 0 Å². The van der Waals surface area contributed by atoms with E-state index >= 15 is 0 Å². The number of pyridine rings is 1. The minimum atomic E-state index is -0.243. The molecular weight excluding hydrogens is 348 g/mol. The molecule has 0 saturated heterocycles. The Bertz CT molecular complexity index is 767. The second-order valence-corrected chi connectivity index (χ2v) is 5.34. The molecule has 3 rings (SSSR count). The summed E-state index contributed by atoms with van der Waals surface area (Å²) in [5.41, 5.74) is 1.89. The fraction of sp³-hybridized carbons (Fsp3) is 0.133. The van der Waals surface area contributed by atoms with Gasteiger partial charge in [-0.25, -0.2) is 0 Å². The number of carbonyl (C=O) groups excluding carboxylic acids is 1. The molecule has 6 nitrogen and oxygen atoms in total. The highest BCUT2D eigenvalue weighted by Crippen LogP contribution is 2.15. The van der Waals surface area contributed by atoms with Crippen molar-refractivity contribution in [1.29, 1.82) is 0 Å². The van der Waals surface area contributed by atoms with Gasteiger partial charge in [-0.05, 0) is 46.3 Å². The summed E-state index contributed by atoms with van der Waals surface area (Å²) in [6.45, 7) is 1.05. The molecule has 0 saturated carbocycles. The number of nitrogens with one attached hydrogen (secondary N) is 1. The maximum Gasteiger partial charge on any atom is 0.287 e. The van der Waals surface area contributed by atoms with E-state index in [-0.39, 0.29) is 11.7 Å². The minimum absolute atomic E-state index is 0.243. The molecule has 0 atom stereocenters. The van der Waals surface area contributed by atoms with Crippen molar-refractivity contribution in [1.82, 2.24) is 20.1 Å². The van der Waals surface area contributed by atoms with Crippen LogP contribution in [0.4, 0.5) is 0 Å². The molecule has 0 bridgehead atoms. The molecule has 0 aliphatic carbocycles. The van der Waals surface area contributed by atoms with Crippen molar-refractivity contribution in [3.63, 3.8) is 0 Å². The normalized spacial score (nSPS) is 10.6. The van der Waals surface area contributed by atoms with Gasteiger partial charge in [0.15, 0.2) is 10.4 Å². The van der Waals surface area contributed by atoms with Gasteiger partial charge in [0.2, 0.25) is 0 Å². The number of aromatic nitrogens is 3. The van der Waals surface area contributed by atoms with Crippen LogP contribution in [0.2, 0.25) is 0 Å². The van der Waals surface area contributed by atoms with E-state index in [4.69, 9.17) is 4.42 Å². The second-order valence-electron chi connectivity index (χ2n) is 4.56. The highest BCUT2D eigenvalue weighted by atomic mass is 79.9. The lowest BCUT2D eigenvalue weighted by Crippen LogP contribution is -2.27. The van der Waals surface area contributed by atoms with Crippen LogP contribution in [0, 0.1) is 0 Å². The number of carbonyl (C=O) groups is 1. The van der Waals surface area contributed by atoms with E-state index in [9.17, 15) is 4.79 Å². The summed E-state index contributed by atoms with van der Waals surface area (Å²) in [5, 5.41) is 7.25. The van der Waals surface area contributed by atoms with E-state index in [0.29, 0.717) is 17.8 Å². The van der Waals surface area contributed by atoms with Gasteiger partial charge in [-0.3, -0.25) is 14.5 Å². The number of nitrogens with zero attached hydrogens (tertiary/aromatic N) is 3. The number of amides is 1. The molecule has 0 spiro atoms. The van der Waals surface area contributed by atoms with Crippen molar-refractivity contribution in [2.24, 2.45) is 0 Å². The minimum Gasteiger partial charge on any atom is -0.444 e. The van der Waals surface area contributed by atoms with E-state index in [0.717, 1.165) is 11.3 Å². The van der Waals surface area contributed by atoms with Crippen molar-refractivity contribution in [3.05, 3.63) is 59.4 Å². The first kappa shape index (κ1) is 14.5. The van der Waals surface area contributed by atoms with Crippen LogP contribution in [0.25, 0.3) is 11.3 Å². The quantitative estimate of drug-likeness (QED) is 0.759. The zero-order valence-corrected chi connectivity index (χ0v) is 13.2. The molecule has 0 aromatic carbocycles. The lowest BCUT2D eigenvalue weighted by Gasteiger charge is -2.03. The maximum atomic E-state index is 11.8. The van der Waals surface area contributed by atoms with Crippen LogP contribution < -0.4 is 5.32 Å². The van der Waals surface area contributed by atoms with E-state index in [1.165, 1.54) is 0 Å². The molecule has 0 fully saturated rings. The van der Waals surface area contributed by atoms with Gasteiger partial charge in [-0.15, -0.1) is 0 Å². The van der Waals surface area contributed by atoms with Crippen LogP contribution in [0.3, 0.4) is 0 Å². The first-order chi connectivity index (χ1) is 10.7. The molecule has 3 heterocycles. The molecule has 1 N–H and O–H groups in total. The second kappa shape index (κ2) is 6.57. The Hall–Kier alpha value is -2.41. The van der Waals surface area contributed by atoms with Crippen molar-refractivity contribution >= 4 is 21.8 Å². The van der Waals surface area contributed by atoms with E-state index in [2.05, 4.69) is 31.3 Å². The topological polar surface area (TPSA) is 73.0 Å². The average Bonchev–Trinajstić information content (AvgIpc) is 3.17. The Labute approximate surface area is 135 Å². The number of furan rings is 1. The molecule has 112 valence electrons. The summed E-state index contributed by atoms with van der Waals surface area (Å²) < 4.78 is 7.51. The number of hydrogen-bond acceptors (Lipinski definition) is 4. The summed E-state index contributed by atoms with van der Waals surface area (Å²) in [7, 11) is 0. The lowest BCUT2D eigenvalue weighted by atomic mass is 10.2. The van der Waals surface area contributed by atoms with Crippen LogP contribution in [0.5, 0.6) is 0 Å². The molecule has 7 heteroatoms. The maximum absolute atomic E-state index is 11.8. The van der Waals surface area contributed by atoms with Gasteiger partial charge < -0.3 is 9.73 Å². The first-order valence-electron chi connectivity index (χ1n) is 6.70. The van der Waals surface area contributed by atoms with Gasteiger partial charge in [0, 0.05) is 30.7 Å². The van der Waals surface area contributed by atoms with E-state index in [1.807, 2.05) is 24.4 Å². The summed E-state index contributed by atoms with van der Waals surface area (Å²) in [6.07, 6.45) is 5.34. The van der Waals surface area contributed by atoms with Gasteiger partial charge in [-0.1, -0.05) is 0 Å². The summed E-state index contributed by atoms with van der Waals surface area (Å²) in [4.78, 5) is 15.8. The third kappa shape index (κ3) is 3.43. The van der Waals surface area contributed by atoms with Crippen LogP contribution in [0.15, 0.2) is 58.0 Å². The Balaban J connectivity index is 1.54. The third-order valence-electron chi connectivity index (χ3n) is 3.04.